The number of hydrogen-bond donors (Lipinski definition) is 2. The van der Waals surface area contributed by atoms with E-state index in [0.717, 1.165) is 11.3 Å². The van der Waals surface area contributed by atoms with Gasteiger partial charge in [0.1, 0.15) is 18.9 Å². The molecule has 2 heterocycles. The van der Waals surface area contributed by atoms with Crippen LogP contribution >= 0.6 is 11.3 Å². The molecule has 0 saturated heterocycles. The van der Waals surface area contributed by atoms with Crippen molar-refractivity contribution >= 4 is 22.4 Å². The van der Waals surface area contributed by atoms with Gasteiger partial charge >= 0.3 is 0 Å². The normalized spacial score (nSPS) is 13.0. The average molecular weight is 291 g/mol. The molecule has 0 unspecified atom stereocenters. The van der Waals surface area contributed by atoms with Crippen LogP contribution in [-0.2, 0) is 6.54 Å². The van der Waals surface area contributed by atoms with E-state index < -0.39 is 0 Å². The Labute approximate surface area is 119 Å². The molecule has 1 amide bonds. The SMILES string of the molecule is Nc1nc(C(=O)NCc2ccc3c(c2)OCCO3)cs1. The van der Waals surface area contributed by atoms with Gasteiger partial charge in [-0.3, -0.25) is 4.79 Å². The number of rotatable bonds is 3. The number of carbonyl (C=O) groups excluding carboxylic acids is 1. The molecule has 6 nitrogen and oxygen atoms in total. The third kappa shape index (κ3) is 2.67. The topological polar surface area (TPSA) is 86.5 Å². The lowest BCUT2D eigenvalue weighted by atomic mass is 10.2. The van der Waals surface area contributed by atoms with E-state index in [1.807, 2.05) is 18.2 Å². The fourth-order valence-electron chi connectivity index (χ4n) is 1.86. The average Bonchev–Trinajstić information content (AvgIpc) is 2.91. The maximum atomic E-state index is 11.8. The molecule has 20 heavy (non-hydrogen) atoms. The standard InChI is InChI=1S/C13H13N3O3S/c14-13-16-9(7-20-13)12(17)15-6-8-1-2-10-11(5-8)19-4-3-18-10/h1-2,5,7H,3-4,6H2,(H2,14,16)(H,15,17). The van der Waals surface area contributed by atoms with Crippen LogP contribution in [0.1, 0.15) is 16.1 Å². The Hall–Kier alpha value is -2.28. The van der Waals surface area contributed by atoms with Crippen LogP contribution in [0.5, 0.6) is 11.5 Å². The Balaban J connectivity index is 1.65. The smallest absolute Gasteiger partial charge is 0.271 e. The summed E-state index contributed by atoms with van der Waals surface area (Å²) in [5.41, 5.74) is 6.77. The summed E-state index contributed by atoms with van der Waals surface area (Å²) in [5, 5.41) is 4.81. The van der Waals surface area contributed by atoms with Crippen LogP contribution in [0.4, 0.5) is 5.13 Å². The monoisotopic (exact) mass is 291 g/mol. The van der Waals surface area contributed by atoms with E-state index in [9.17, 15) is 4.79 Å². The molecule has 0 fully saturated rings. The van der Waals surface area contributed by atoms with E-state index in [1.165, 1.54) is 11.3 Å². The van der Waals surface area contributed by atoms with Crippen molar-refractivity contribution in [2.75, 3.05) is 18.9 Å². The van der Waals surface area contributed by atoms with Crippen molar-refractivity contribution in [3.8, 4) is 11.5 Å². The molecule has 104 valence electrons. The fraction of sp³-hybridized carbons (Fsp3) is 0.231. The van der Waals surface area contributed by atoms with Gasteiger partial charge < -0.3 is 20.5 Å². The van der Waals surface area contributed by atoms with Gasteiger partial charge in [0.25, 0.3) is 5.91 Å². The first-order valence-corrected chi connectivity index (χ1v) is 6.98. The lowest BCUT2D eigenvalue weighted by Crippen LogP contribution is -2.23. The number of carbonyl (C=O) groups is 1. The first kappa shape index (κ1) is 12.7. The first-order valence-electron chi connectivity index (χ1n) is 6.10. The van der Waals surface area contributed by atoms with Gasteiger partial charge in [-0.2, -0.15) is 0 Å². The summed E-state index contributed by atoms with van der Waals surface area (Å²) in [5.74, 6) is 1.20. The lowest BCUT2D eigenvalue weighted by molar-refractivity contribution is 0.0946. The Morgan fingerprint density at radius 1 is 1.35 bits per heavy atom. The summed E-state index contributed by atoms with van der Waals surface area (Å²) in [6, 6.07) is 5.60. The minimum absolute atomic E-state index is 0.243. The highest BCUT2D eigenvalue weighted by Gasteiger charge is 2.13. The summed E-state index contributed by atoms with van der Waals surface area (Å²) in [7, 11) is 0. The summed E-state index contributed by atoms with van der Waals surface area (Å²) in [6.45, 7) is 1.50. The molecule has 1 aliphatic rings. The molecule has 1 aliphatic heterocycles. The van der Waals surface area contributed by atoms with Gasteiger partial charge in [0.2, 0.25) is 0 Å². The Kier molecular flexibility index (Phi) is 3.42. The van der Waals surface area contributed by atoms with Crippen LogP contribution in [0.15, 0.2) is 23.6 Å². The number of nitrogen functional groups attached to an aromatic ring is 1. The van der Waals surface area contributed by atoms with E-state index in [1.54, 1.807) is 5.38 Å². The maximum absolute atomic E-state index is 11.8. The van der Waals surface area contributed by atoms with Gasteiger partial charge in [-0.05, 0) is 17.7 Å². The van der Waals surface area contributed by atoms with Crippen LogP contribution in [-0.4, -0.2) is 24.1 Å². The van der Waals surface area contributed by atoms with E-state index in [2.05, 4.69) is 10.3 Å². The summed E-state index contributed by atoms with van der Waals surface area (Å²) in [4.78, 5) is 15.8. The Bertz CT molecular complexity index is 642. The van der Waals surface area contributed by atoms with Crippen molar-refractivity contribution in [3.05, 3.63) is 34.8 Å². The summed E-state index contributed by atoms with van der Waals surface area (Å²) in [6.07, 6.45) is 0. The number of amides is 1. The molecule has 1 aromatic carbocycles. The largest absolute Gasteiger partial charge is 0.486 e. The second-order valence-corrected chi connectivity index (χ2v) is 5.12. The molecule has 7 heteroatoms. The number of thiazole rings is 1. The number of ether oxygens (including phenoxy) is 2. The number of nitrogens with two attached hydrogens (primary N) is 1. The van der Waals surface area contributed by atoms with Crippen molar-refractivity contribution in [1.29, 1.82) is 0 Å². The molecular formula is C13H13N3O3S. The second-order valence-electron chi connectivity index (χ2n) is 4.23. The molecule has 3 N–H and O–H groups in total. The predicted molar refractivity (Wildman–Crippen MR) is 75.1 cm³/mol. The fourth-order valence-corrected chi connectivity index (χ4v) is 2.41. The quantitative estimate of drug-likeness (QED) is 0.893. The minimum Gasteiger partial charge on any atom is -0.486 e. The zero-order valence-corrected chi connectivity index (χ0v) is 11.4. The molecule has 0 bridgehead atoms. The van der Waals surface area contributed by atoms with Crippen LogP contribution in [0.25, 0.3) is 0 Å². The zero-order chi connectivity index (χ0) is 13.9. The number of benzene rings is 1. The van der Waals surface area contributed by atoms with E-state index in [0.29, 0.717) is 36.3 Å². The van der Waals surface area contributed by atoms with Gasteiger partial charge in [0, 0.05) is 11.9 Å². The first-order chi connectivity index (χ1) is 9.72. The van der Waals surface area contributed by atoms with Gasteiger partial charge in [-0.15, -0.1) is 11.3 Å². The number of anilines is 1. The third-order valence-electron chi connectivity index (χ3n) is 2.81. The van der Waals surface area contributed by atoms with Crippen molar-refractivity contribution in [2.45, 2.75) is 6.54 Å². The summed E-state index contributed by atoms with van der Waals surface area (Å²) < 4.78 is 10.9. The maximum Gasteiger partial charge on any atom is 0.271 e. The van der Waals surface area contributed by atoms with Crippen LogP contribution < -0.4 is 20.5 Å². The molecule has 0 radical (unpaired) electrons. The number of nitrogens with zero attached hydrogens (tertiary/aromatic N) is 1. The molecule has 1 aromatic heterocycles. The molecule has 0 saturated carbocycles. The van der Waals surface area contributed by atoms with E-state index in [4.69, 9.17) is 15.2 Å². The molecule has 0 spiro atoms. The zero-order valence-electron chi connectivity index (χ0n) is 10.6. The van der Waals surface area contributed by atoms with Crippen LogP contribution in [0.2, 0.25) is 0 Å². The molecule has 0 atom stereocenters. The number of fused-ring (bicyclic) bond motifs is 1. The van der Waals surface area contributed by atoms with Gasteiger partial charge in [0.05, 0.1) is 0 Å². The van der Waals surface area contributed by atoms with Crippen molar-refractivity contribution in [3.63, 3.8) is 0 Å². The molecule has 0 aliphatic carbocycles. The molecular weight excluding hydrogens is 278 g/mol. The summed E-state index contributed by atoms with van der Waals surface area (Å²) >= 11 is 1.24. The van der Waals surface area contributed by atoms with E-state index >= 15 is 0 Å². The lowest BCUT2D eigenvalue weighted by Gasteiger charge is -2.18. The van der Waals surface area contributed by atoms with Gasteiger partial charge in [-0.1, -0.05) is 6.07 Å². The highest BCUT2D eigenvalue weighted by atomic mass is 32.1. The number of aromatic nitrogens is 1. The van der Waals surface area contributed by atoms with E-state index in [-0.39, 0.29) is 5.91 Å². The highest BCUT2D eigenvalue weighted by molar-refractivity contribution is 7.13. The number of hydrogen-bond acceptors (Lipinski definition) is 6. The van der Waals surface area contributed by atoms with Gasteiger partial charge in [-0.25, -0.2) is 4.98 Å². The van der Waals surface area contributed by atoms with Crippen LogP contribution in [0.3, 0.4) is 0 Å². The third-order valence-corrected chi connectivity index (χ3v) is 3.49. The van der Waals surface area contributed by atoms with Crippen molar-refractivity contribution < 1.29 is 14.3 Å². The number of nitrogens with one attached hydrogen (secondary N) is 1. The predicted octanol–water partition coefficient (Wildman–Crippen LogP) is 1.43. The highest BCUT2D eigenvalue weighted by Crippen LogP contribution is 2.30. The van der Waals surface area contributed by atoms with Crippen LogP contribution in [0, 0.1) is 0 Å². The van der Waals surface area contributed by atoms with Gasteiger partial charge in [0.15, 0.2) is 16.6 Å². The minimum atomic E-state index is -0.243. The van der Waals surface area contributed by atoms with Crippen molar-refractivity contribution in [2.24, 2.45) is 0 Å². The van der Waals surface area contributed by atoms with Crippen molar-refractivity contribution in [1.82, 2.24) is 10.3 Å². The Morgan fingerprint density at radius 3 is 2.90 bits per heavy atom. The molecule has 2 aromatic rings. The Morgan fingerprint density at radius 2 is 2.15 bits per heavy atom. The molecule has 3 rings (SSSR count). The second kappa shape index (κ2) is 5.38.